The zero-order chi connectivity index (χ0) is 13.4. The van der Waals surface area contributed by atoms with Crippen LogP contribution in [-0.2, 0) is 0 Å². The fourth-order valence-electron chi connectivity index (χ4n) is 1.57. The lowest BCUT2D eigenvalue weighted by atomic mass is 10.1. The molecule has 0 spiro atoms. The number of aromatic nitrogens is 1. The van der Waals surface area contributed by atoms with Gasteiger partial charge in [0.05, 0.1) is 6.04 Å². The van der Waals surface area contributed by atoms with Crippen LogP contribution in [0.15, 0.2) is 16.6 Å². The van der Waals surface area contributed by atoms with E-state index in [-0.39, 0.29) is 17.8 Å². The summed E-state index contributed by atoms with van der Waals surface area (Å²) >= 11 is 1.36. The number of likely N-dealkylation sites (N-methyl/N-ethyl adjacent to an activating group) is 1. The van der Waals surface area contributed by atoms with Crippen LogP contribution in [0.4, 0.5) is 0 Å². The Kier molecular flexibility index (Phi) is 6.31. The van der Waals surface area contributed by atoms with Gasteiger partial charge in [0.2, 0.25) is 5.78 Å². The Balaban J connectivity index is 2.49. The standard InChI is InChI=1S/C11H19N5OS/c1-2-14-8(4-3-5-16-11(12)13)9(17)10-15-6-7-18-10/h6-8,14H,2-5H2,1H3,(H4,12,13,16). The molecule has 0 saturated heterocycles. The lowest BCUT2D eigenvalue weighted by molar-refractivity contribution is 0.0938. The van der Waals surface area contributed by atoms with Crippen molar-refractivity contribution in [2.75, 3.05) is 13.1 Å². The fraction of sp³-hybridized carbons (Fsp3) is 0.545. The van der Waals surface area contributed by atoms with Crippen LogP contribution in [0.5, 0.6) is 0 Å². The van der Waals surface area contributed by atoms with E-state index in [9.17, 15) is 4.79 Å². The molecule has 100 valence electrons. The summed E-state index contributed by atoms with van der Waals surface area (Å²) in [7, 11) is 0. The first-order valence-corrected chi connectivity index (χ1v) is 6.75. The molecule has 1 aromatic rings. The molecule has 1 heterocycles. The fourth-order valence-corrected chi connectivity index (χ4v) is 2.20. The Labute approximate surface area is 110 Å². The van der Waals surface area contributed by atoms with E-state index >= 15 is 0 Å². The third-order valence-electron chi connectivity index (χ3n) is 2.36. The molecule has 1 atom stereocenters. The monoisotopic (exact) mass is 269 g/mol. The van der Waals surface area contributed by atoms with Gasteiger partial charge in [0.1, 0.15) is 0 Å². The van der Waals surface area contributed by atoms with E-state index in [2.05, 4.69) is 15.3 Å². The van der Waals surface area contributed by atoms with E-state index in [0.717, 1.165) is 13.0 Å². The van der Waals surface area contributed by atoms with Crippen LogP contribution in [0.1, 0.15) is 29.6 Å². The second-order valence-corrected chi connectivity index (χ2v) is 4.66. The Bertz CT molecular complexity index is 386. The van der Waals surface area contributed by atoms with Gasteiger partial charge >= 0.3 is 0 Å². The van der Waals surface area contributed by atoms with Crippen molar-refractivity contribution in [1.82, 2.24) is 10.3 Å². The Morgan fingerprint density at radius 1 is 1.61 bits per heavy atom. The van der Waals surface area contributed by atoms with Crippen molar-refractivity contribution in [1.29, 1.82) is 0 Å². The number of nitrogens with one attached hydrogen (secondary N) is 1. The lowest BCUT2D eigenvalue weighted by Gasteiger charge is -2.14. The molecule has 0 radical (unpaired) electrons. The molecule has 5 N–H and O–H groups in total. The molecule has 1 rings (SSSR count). The molecular weight excluding hydrogens is 250 g/mol. The van der Waals surface area contributed by atoms with Crippen molar-refractivity contribution in [2.24, 2.45) is 16.5 Å². The molecule has 0 aromatic carbocycles. The van der Waals surface area contributed by atoms with Gasteiger partial charge in [0.15, 0.2) is 11.0 Å². The highest BCUT2D eigenvalue weighted by Gasteiger charge is 2.20. The predicted molar refractivity (Wildman–Crippen MR) is 73.8 cm³/mol. The van der Waals surface area contributed by atoms with E-state index in [1.54, 1.807) is 11.6 Å². The summed E-state index contributed by atoms with van der Waals surface area (Å²) in [6.45, 7) is 3.25. The minimum absolute atomic E-state index is 0.0385. The number of carbonyl (C=O) groups is 1. The quantitative estimate of drug-likeness (QED) is 0.273. The first kappa shape index (κ1) is 14.6. The number of guanidine groups is 1. The van der Waals surface area contributed by atoms with Crippen LogP contribution in [0, 0.1) is 0 Å². The number of nitrogens with two attached hydrogens (primary N) is 2. The molecule has 0 aliphatic carbocycles. The van der Waals surface area contributed by atoms with Crippen LogP contribution in [0.2, 0.25) is 0 Å². The van der Waals surface area contributed by atoms with Gasteiger partial charge in [-0.2, -0.15) is 0 Å². The number of nitrogens with zero attached hydrogens (tertiary/aromatic N) is 2. The van der Waals surface area contributed by atoms with E-state index in [0.29, 0.717) is 18.0 Å². The summed E-state index contributed by atoms with van der Waals surface area (Å²) < 4.78 is 0. The molecule has 1 unspecified atom stereocenters. The summed E-state index contributed by atoms with van der Waals surface area (Å²) in [5.74, 6) is 0.123. The third-order valence-corrected chi connectivity index (χ3v) is 3.14. The molecule has 18 heavy (non-hydrogen) atoms. The van der Waals surface area contributed by atoms with Crippen molar-refractivity contribution in [3.63, 3.8) is 0 Å². The summed E-state index contributed by atoms with van der Waals surface area (Å²) in [6.07, 6.45) is 3.09. The van der Waals surface area contributed by atoms with Crippen LogP contribution >= 0.6 is 11.3 Å². The van der Waals surface area contributed by atoms with Crippen LogP contribution in [0.3, 0.4) is 0 Å². The first-order valence-electron chi connectivity index (χ1n) is 5.87. The number of rotatable bonds is 8. The minimum atomic E-state index is -0.213. The van der Waals surface area contributed by atoms with Gasteiger partial charge in [-0.3, -0.25) is 9.79 Å². The van der Waals surface area contributed by atoms with Crippen molar-refractivity contribution in [3.05, 3.63) is 16.6 Å². The van der Waals surface area contributed by atoms with E-state index < -0.39 is 0 Å². The summed E-state index contributed by atoms with van der Waals surface area (Å²) in [5.41, 5.74) is 10.5. The Hall–Kier alpha value is -1.47. The van der Waals surface area contributed by atoms with Gasteiger partial charge < -0.3 is 16.8 Å². The zero-order valence-electron chi connectivity index (χ0n) is 10.4. The van der Waals surface area contributed by atoms with E-state index in [4.69, 9.17) is 11.5 Å². The van der Waals surface area contributed by atoms with Gasteiger partial charge in [-0.15, -0.1) is 11.3 Å². The lowest BCUT2D eigenvalue weighted by Crippen LogP contribution is -2.36. The summed E-state index contributed by atoms with van der Waals surface area (Å²) in [5, 5.41) is 5.51. The highest BCUT2D eigenvalue weighted by atomic mass is 32.1. The summed E-state index contributed by atoms with van der Waals surface area (Å²) in [4.78, 5) is 20.1. The molecule has 0 aliphatic rings. The molecule has 0 aliphatic heterocycles. The Morgan fingerprint density at radius 3 is 2.94 bits per heavy atom. The highest BCUT2D eigenvalue weighted by molar-refractivity contribution is 7.11. The summed E-state index contributed by atoms with van der Waals surface area (Å²) in [6, 6.07) is -0.213. The number of ketones is 1. The highest BCUT2D eigenvalue weighted by Crippen LogP contribution is 2.10. The van der Waals surface area contributed by atoms with Crippen molar-refractivity contribution in [2.45, 2.75) is 25.8 Å². The van der Waals surface area contributed by atoms with Gasteiger partial charge in [-0.25, -0.2) is 4.98 Å². The Morgan fingerprint density at radius 2 is 2.39 bits per heavy atom. The maximum Gasteiger partial charge on any atom is 0.208 e. The van der Waals surface area contributed by atoms with E-state index in [1.165, 1.54) is 11.3 Å². The largest absolute Gasteiger partial charge is 0.370 e. The third kappa shape index (κ3) is 4.80. The second kappa shape index (κ2) is 7.78. The second-order valence-electron chi connectivity index (χ2n) is 3.76. The van der Waals surface area contributed by atoms with Crippen molar-refractivity contribution < 1.29 is 4.79 Å². The zero-order valence-corrected chi connectivity index (χ0v) is 11.2. The van der Waals surface area contributed by atoms with E-state index in [1.807, 2.05) is 6.92 Å². The number of hydrogen-bond donors (Lipinski definition) is 3. The molecular formula is C11H19N5OS. The van der Waals surface area contributed by atoms with Crippen LogP contribution in [-0.4, -0.2) is 35.9 Å². The van der Waals surface area contributed by atoms with Gasteiger partial charge in [-0.05, 0) is 19.4 Å². The number of Topliss-reactive ketones (excluding diaryl/α,β-unsaturated/α-hetero) is 1. The smallest absolute Gasteiger partial charge is 0.208 e. The van der Waals surface area contributed by atoms with Crippen LogP contribution < -0.4 is 16.8 Å². The predicted octanol–water partition coefficient (Wildman–Crippen LogP) is 0.358. The average Bonchev–Trinajstić information content (AvgIpc) is 2.85. The SMILES string of the molecule is CCNC(CCCN=C(N)N)C(=O)c1nccs1. The maximum atomic E-state index is 12.1. The minimum Gasteiger partial charge on any atom is -0.370 e. The van der Waals surface area contributed by atoms with Crippen molar-refractivity contribution in [3.8, 4) is 0 Å². The first-order chi connectivity index (χ1) is 8.65. The molecule has 7 heteroatoms. The average molecular weight is 269 g/mol. The van der Waals surface area contributed by atoms with Gasteiger partial charge in [-0.1, -0.05) is 6.92 Å². The molecule has 6 nitrogen and oxygen atoms in total. The molecule has 0 bridgehead atoms. The molecule has 0 amide bonds. The number of hydrogen-bond acceptors (Lipinski definition) is 5. The molecule has 0 saturated carbocycles. The van der Waals surface area contributed by atoms with Crippen molar-refractivity contribution >= 4 is 23.1 Å². The molecule has 1 aromatic heterocycles. The molecule has 0 fully saturated rings. The number of aliphatic imine (C=N–C) groups is 1. The van der Waals surface area contributed by atoms with Gasteiger partial charge in [0.25, 0.3) is 0 Å². The number of carbonyl (C=O) groups excluding carboxylic acids is 1. The number of thiazole rings is 1. The van der Waals surface area contributed by atoms with Gasteiger partial charge in [0, 0.05) is 18.1 Å². The maximum absolute atomic E-state index is 12.1. The normalized spacial score (nSPS) is 12.1. The van der Waals surface area contributed by atoms with Crippen LogP contribution in [0.25, 0.3) is 0 Å². The topological polar surface area (TPSA) is 106 Å².